The van der Waals surface area contributed by atoms with Gasteiger partial charge in [-0.1, -0.05) is 54.5 Å². The van der Waals surface area contributed by atoms with E-state index in [1.807, 2.05) is 17.8 Å². The maximum atomic E-state index is 13.4. The fourth-order valence-corrected chi connectivity index (χ4v) is 4.33. The highest BCUT2D eigenvalue weighted by atomic mass is 19.1. The molecular weight excluding hydrogens is 439 g/mol. The van der Waals surface area contributed by atoms with Crippen LogP contribution in [0.4, 0.5) is 9.18 Å². The molecule has 0 fully saturated rings. The predicted octanol–water partition coefficient (Wildman–Crippen LogP) is 7.05. The second-order valence-electron chi connectivity index (χ2n) is 11.9. The topological polar surface area (TPSA) is 59.0 Å². The van der Waals surface area contributed by atoms with Gasteiger partial charge < -0.3 is 10.6 Å². The third-order valence-corrected chi connectivity index (χ3v) is 7.07. The molecule has 2 atom stereocenters. The average Bonchev–Trinajstić information content (AvgIpc) is 3.19. The summed E-state index contributed by atoms with van der Waals surface area (Å²) < 4.78 is 15.2. The molecule has 35 heavy (non-hydrogen) atoms. The van der Waals surface area contributed by atoms with E-state index in [0.717, 1.165) is 23.0 Å². The van der Waals surface area contributed by atoms with Gasteiger partial charge in [0.15, 0.2) is 0 Å². The van der Waals surface area contributed by atoms with Gasteiger partial charge in [0.1, 0.15) is 5.82 Å². The molecule has 0 aliphatic rings. The summed E-state index contributed by atoms with van der Waals surface area (Å²) in [5.41, 5.74) is 2.89. The molecule has 3 aromatic rings. The number of nitrogens with one attached hydrogen (secondary N) is 2. The molecule has 1 aromatic heterocycles. The van der Waals surface area contributed by atoms with Crippen LogP contribution in [0.2, 0.25) is 0 Å². The van der Waals surface area contributed by atoms with E-state index in [4.69, 9.17) is 0 Å². The van der Waals surface area contributed by atoms with Crippen LogP contribution in [-0.2, 0) is 0 Å². The van der Waals surface area contributed by atoms with Crippen LogP contribution >= 0.6 is 0 Å². The van der Waals surface area contributed by atoms with Gasteiger partial charge in [0.25, 0.3) is 0 Å². The summed E-state index contributed by atoms with van der Waals surface area (Å²) in [6.07, 6.45) is 2.87. The number of hydrogen-bond donors (Lipinski definition) is 2. The molecular formula is C29H41FN4O. The van der Waals surface area contributed by atoms with Gasteiger partial charge in [-0.25, -0.2) is 13.9 Å². The van der Waals surface area contributed by atoms with Crippen LogP contribution < -0.4 is 10.6 Å². The number of hydrogen-bond acceptors (Lipinski definition) is 2. The number of halogens is 1. The van der Waals surface area contributed by atoms with E-state index in [9.17, 15) is 9.18 Å². The molecule has 3 rings (SSSR count). The van der Waals surface area contributed by atoms with Crippen molar-refractivity contribution in [3.05, 3.63) is 60.0 Å². The van der Waals surface area contributed by atoms with E-state index in [1.165, 1.54) is 17.7 Å². The average molecular weight is 481 g/mol. The van der Waals surface area contributed by atoms with Crippen molar-refractivity contribution < 1.29 is 9.18 Å². The first-order valence-corrected chi connectivity index (χ1v) is 12.6. The number of carbonyl (C=O) groups is 1. The van der Waals surface area contributed by atoms with E-state index in [-0.39, 0.29) is 34.6 Å². The molecule has 1 unspecified atom stereocenters. The minimum atomic E-state index is -0.263. The first kappa shape index (κ1) is 26.7. The lowest BCUT2D eigenvalue weighted by molar-refractivity contribution is 0.206. The maximum absolute atomic E-state index is 13.4. The fourth-order valence-electron chi connectivity index (χ4n) is 4.33. The Morgan fingerprint density at radius 3 is 2.29 bits per heavy atom. The van der Waals surface area contributed by atoms with Crippen molar-refractivity contribution in [2.45, 2.75) is 73.8 Å². The van der Waals surface area contributed by atoms with E-state index >= 15 is 0 Å². The fraction of sp³-hybridized carbons (Fsp3) is 0.517. The highest BCUT2D eigenvalue weighted by molar-refractivity contribution is 5.81. The summed E-state index contributed by atoms with van der Waals surface area (Å²) >= 11 is 0. The van der Waals surface area contributed by atoms with Crippen LogP contribution in [0.3, 0.4) is 0 Å². The molecule has 0 spiro atoms. The van der Waals surface area contributed by atoms with E-state index < -0.39 is 0 Å². The molecule has 2 amide bonds. The summed E-state index contributed by atoms with van der Waals surface area (Å²) in [5.74, 6) is 0.495. The number of nitrogens with zero attached hydrogens (tertiary/aromatic N) is 2. The van der Waals surface area contributed by atoms with Gasteiger partial charge in [0.05, 0.1) is 17.4 Å². The molecule has 0 aliphatic heterocycles. The van der Waals surface area contributed by atoms with Crippen molar-refractivity contribution in [2.24, 2.45) is 16.7 Å². The summed E-state index contributed by atoms with van der Waals surface area (Å²) in [4.78, 5) is 12.6. The van der Waals surface area contributed by atoms with Gasteiger partial charge in [-0.3, -0.25) is 0 Å². The number of benzene rings is 2. The molecule has 0 radical (unpaired) electrons. The van der Waals surface area contributed by atoms with Crippen molar-refractivity contribution >= 4 is 16.9 Å². The van der Waals surface area contributed by atoms with Crippen LogP contribution in [0, 0.1) is 22.6 Å². The number of carbonyl (C=O) groups excluding carboxylic acids is 1. The van der Waals surface area contributed by atoms with E-state index in [0.29, 0.717) is 12.5 Å². The molecule has 0 saturated carbocycles. The monoisotopic (exact) mass is 480 g/mol. The van der Waals surface area contributed by atoms with Crippen LogP contribution in [0.5, 0.6) is 0 Å². The standard InChI is InChI=1S/C29H41FN4O/c1-19(2)15-25(29(7,8)18-31-27(35)33-20(3)28(4,5)6)21-9-14-26-22(16-21)17-32-34(26)24-12-10-23(30)11-13-24/h9-14,16-17,19-20,25H,15,18H2,1-8H3,(H2,31,33,35)/t20-,25?/m0/s1. The molecule has 6 heteroatoms. The summed E-state index contributed by atoms with van der Waals surface area (Å²) in [6.45, 7) is 17.9. The molecule has 1 heterocycles. The zero-order chi connectivity index (χ0) is 26.0. The molecule has 2 N–H and O–H groups in total. The van der Waals surface area contributed by atoms with Crippen LogP contribution in [0.15, 0.2) is 48.7 Å². The van der Waals surface area contributed by atoms with Crippen molar-refractivity contribution in [1.82, 2.24) is 20.4 Å². The number of aromatic nitrogens is 2. The first-order chi connectivity index (χ1) is 16.3. The third kappa shape index (κ3) is 6.62. The van der Waals surface area contributed by atoms with E-state index in [1.54, 1.807) is 12.1 Å². The smallest absolute Gasteiger partial charge is 0.315 e. The minimum Gasteiger partial charge on any atom is -0.338 e. The Kier molecular flexibility index (Phi) is 7.93. The Hall–Kier alpha value is -2.89. The predicted molar refractivity (Wildman–Crippen MR) is 142 cm³/mol. The van der Waals surface area contributed by atoms with Crippen molar-refractivity contribution in [3.63, 3.8) is 0 Å². The van der Waals surface area contributed by atoms with Gasteiger partial charge in [-0.05, 0) is 78.0 Å². The number of fused-ring (bicyclic) bond motifs is 1. The van der Waals surface area contributed by atoms with Crippen molar-refractivity contribution in [3.8, 4) is 5.69 Å². The lowest BCUT2D eigenvalue weighted by Gasteiger charge is -2.37. The molecule has 0 bridgehead atoms. The highest BCUT2D eigenvalue weighted by Gasteiger charge is 2.32. The Labute approximate surface area is 209 Å². The molecule has 5 nitrogen and oxygen atoms in total. The van der Waals surface area contributed by atoms with Crippen LogP contribution in [-0.4, -0.2) is 28.4 Å². The second kappa shape index (κ2) is 10.4. The minimum absolute atomic E-state index is 0.000795. The van der Waals surface area contributed by atoms with Gasteiger partial charge in [-0.2, -0.15) is 5.10 Å². The lowest BCUT2D eigenvalue weighted by atomic mass is 9.71. The summed E-state index contributed by atoms with van der Waals surface area (Å²) in [7, 11) is 0. The largest absolute Gasteiger partial charge is 0.338 e. The van der Waals surface area contributed by atoms with E-state index in [2.05, 4.69) is 82.4 Å². The molecule has 2 aromatic carbocycles. The van der Waals surface area contributed by atoms with Crippen LogP contribution in [0.1, 0.15) is 73.3 Å². The summed E-state index contributed by atoms with van der Waals surface area (Å²) in [6, 6.07) is 12.8. The van der Waals surface area contributed by atoms with Crippen LogP contribution in [0.25, 0.3) is 16.6 Å². The SMILES string of the molecule is CC(C)CC(c1ccc2c(cnn2-c2ccc(F)cc2)c1)C(C)(C)CNC(=O)N[C@@H](C)C(C)(C)C. The second-order valence-corrected chi connectivity index (χ2v) is 11.9. The normalized spacial score (nSPS) is 14.2. The number of urea groups is 1. The third-order valence-electron chi connectivity index (χ3n) is 7.07. The quantitative estimate of drug-likeness (QED) is 0.363. The summed E-state index contributed by atoms with van der Waals surface area (Å²) in [5, 5.41) is 11.8. The molecule has 0 saturated heterocycles. The Balaban J connectivity index is 1.83. The van der Waals surface area contributed by atoms with Gasteiger partial charge >= 0.3 is 6.03 Å². The zero-order valence-corrected chi connectivity index (χ0v) is 22.4. The number of rotatable bonds is 8. The number of amides is 2. The van der Waals surface area contributed by atoms with Gasteiger partial charge in [0, 0.05) is 18.0 Å². The van der Waals surface area contributed by atoms with Gasteiger partial charge in [0.2, 0.25) is 0 Å². The molecule has 0 aliphatic carbocycles. The van der Waals surface area contributed by atoms with Gasteiger partial charge in [-0.15, -0.1) is 0 Å². The molecule has 190 valence electrons. The van der Waals surface area contributed by atoms with Crippen molar-refractivity contribution in [1.29, 1.82) is 0 Å². The zero-order valence-electron chi connectivity index (χ0n) is 22.4. The maximum Gasteiger partial charge on any atom is 0.315 e. The Morgan fingerprint density at radius 2 is 1.69 bits per heavy atom. The van der Waals surface area contributed by atoms with Crippen molar-refractivity contribution in [2.75, 3.05) is 6.54 Å². The Bertz CT molecular complexity index is 1140. The first-order valence-electron chi connectivity index (χ1n) is 12.6. The lowest BCUT2D eigenvalue weighted by Crippen LogP contribution is -2.49. The highest BCUT2D eigenvalue weighted by Crippen LogP contribution is 2.41. The Morgan fingerprint density at radius 1 is 1.03 bits per heavy atom.